The van der Waals surface area contributed by atoms with Crippen LogP contribution >= 0.6 is 0 Å². The van der Waals surface area contributed by atoms with Crippen LogP contribution < -0.4 is 5.73 Å². The number of hydrogen-bond donors (Lipinski definition) is 1. The van der Waals surface area contributed by atoms with Gasteiger partial charge in [0, 0.05) is 13.1 Å². The highest BCUT2D eigenvalue weighted by atomic mass is 16.2. The first-order valence-electron chi connectivity index (χ1n) is 6.67. The summed E-state index contributed by atoms with van der Waals surface area (Å²) in [5, 5.41) is 0. The first-order valence-corrected chi connectivity index (χ1v) is 6.67. The Hall–Kier alpha value is -2.43. The lowest BCUT2D eigenvalue weighted by molar-refractivity contribution is 0.0757. The Labute approximate surface area is 117 Å². The van der Waals surface area contributed by atoms with Crippen LogP contribution in [0, 0.1) is 0 Å². The van der Waals surface area contributed by atoms with Crippen molar-refractivity contribution in [1.82, 2.24) is 14.9 Å². The second-order valence-electron chi connectivity index (χ2n) is 4.89. The molecule has 5 nitrogen and oxygen atoms in total. The van der Waals surface area contributed by atoms with Crippen LogP contribution in [0.25, 0.3) is 0 Å². The third kappa shape index (κ3) is 2.47. The van der Waals surface area contributed by atoms with Crippen molar-refractivity contribution >= 4 is 11.7 Å². The van der Waals surface area contributed by atoms with Gasteiger partial charge < -0.3 is 10.6 Å². The van der Waals surface area contributed by atoms with E-state index in [1.54, 1.807) is 0 Å². The molecule has 5 heteroatoms. The highest BCUT2D eigenvalue weighted by molar-refractivity contribution is 5.92. The number of fused-ring (bicyclic) bond motifs is 1. The lowest BCUT2D eigenvalue weighted by Gasteiger charge is -2.19. The van der Waals surface area contributed by atoms with E-state index < -0.39 is 0 Å². The molecule has 0 saturated carbocycles. The van der Waals surface area contributed by atoms with E-state index in [2.05, 4.69) is 22.1 Å². The van der Waals surface area contributed by atoms with Crippen LogP contribution in [-0.4, -0.2) is 33.9 Å². The summed E-state index contributed by atoms with van der Waals surface area (Å²) in [6, 6.07) is 8.35. The van der Waals surface area contributed by atoms with Crippen molar-refractivity contribution in [3.63, 3.8) is 0 Å². The Morgan fingerprint density at radius 2 is 1.70 bits per heavy atom. The SMILES string of the molecule is Nc1cnc(C(=O)N2CCc3ccccc3CC2)cn1. The number of benzene rings is 1. The van der Waals surface area contributed by atoms with E-state index in [9.17, 15) is 4.79 Å². The minimum atomic E-state index is -0.0784. The van der Waals surface area contributed by atoms with Crippen LogP contribution in [0.4, 0.5) is 5.82 Å². The highest BCUT2D eigenvalue weighted by Crippen LogP contribution is 2.16. The predicted molar refractivity (Wildman–Crippen MR) is 76.2 cm³/mol. The maximum Gasteiger partial charge on any atom is 0.274 e. The molecule has 2 aromatic rings. The summed E-state index contributed by atoms with van der Waals surface area (Å²) in [7, 11) is 0. The normalized spacial score (nSPS) is 14.5. The monoisotopic (exact) mass is 268 g/mol. The minimum absolute atomic E-state index is 0.0784. The summed E-state index contributed by atoms with van der Waals surface area (Å²) >= 11 is 0. The third-order valence-corrected chi connectivity index (χ3v) is 3.60. The van der Waals surface area contributed by atoms with Gasteiger partial charge in [0.25, 0.3) is 5.91 Å². The van der Waals surface area contributed by atoms with Crippen LogP contribution in [0.5, 0.6) is 0 Å². The Bertz CT molecular complexity index is 597. The number of hydrogen-bond acceptors (Lipinski definition) is 4. The summed E-state index contributed by atoms with van der Waals surface area (Å²) in [5.74, 6) is 0.245. The average Bonchev–Trinajstić information content (AvgIpc) is 2.70. The number of nitrogen functional groups attached to an aromatic ring is 1. The molecule has 0 spiro atoms. The molecule has 20 heavy (non-hydrogen) atoms. The summed E-state index contributed by atoms with van der Waals surface area (Å²) in [6.07, 6.45) is 4.62. The van der Waals surface area contributed by atoms with E-state index in [1.165, 1.54) is 23.5 Å². The highest BCUT2D eigenvalue weighted by Gasteiger charge is 2.20. The van der Waals surface area contributed by atoms with Gasteiger partial charge in [-0.25, -0.2) is 9.97 Å². The molecule has 2 heterocycles. The lowest BCUT2D eigenvalue weighted by atomic mass is 10.0. The van der Waals surface area contributed by atoms with E-state index in [0.29, 0.717) is 24.6 Å². The second kappa shape index (κ2) is 5.28. The van der Waals surface area contributed by atoms with E-state index in [4.69, 9.17) is 5.73 Å². The van der Waals surface area contributed by atoms with Gasteiger partial charge in [0.2, 0.25) is 0 Å². The topological polar surface area (TPSA) is 72.1 Å². The van der Waals surface area contributed by atoms with Gasteiger partial charge in [-0.1, -0.05) is 24.3 Å². The molecule has 0 saturated heterocycles. The van der Waals surface area contributed by atoms with Gasteiger partial charge in [-0.15, -0.1) is 0 Å². The fourth-order valence-corrected chi connectivity index (χ4v) is 2.48. The molecule has 3 rings (SSSR count). The van der Waals surface area contributed by atoms with Crippen molar-refractivity contribution in [3.05, 3.63) is 53.5 Å². The zero-order valence-corrected chi connectivity index (χ0v) is 11.1. The summed E-state index contributed by atoms with van der Waals surface area (Å²) in [4.78, 5) is 22.2. The molecule has 0 fully saturated rings. The maximum atomic E-state index is 12.4. The number of aromatic nitrogens is 2. The smallest absolute Gasteiger partial charge is 0.274 e. The Balaban J connectivity index is 1.76. The van der Waals surface area contributed by atoms with Gasteiger partial charge in [-0.3, -0.25) is 4.79 Å². The molecule has 1 aromatic carbocycles. The summed E-state index contributed by atoms with van der Waals surface area (Å²) in [5.41, 5.74) is 8.49. The van der Waals surface area contributed by atoms with Crippen LogP contribution in [0.15, 0.2) is 36.7 Å². The number of nitrogens with zero attached hydrogens (tertiary/aromatic N) is 3. The number of anilines is 1. The average molecular weight is 268 g/mol. The number of carbonyl (C=O) groups excluding carboxylic acids is 1. The minimum Gasteiger partial charge on any atom is -0.382 e. The number of carbonyl (C=O) groups is 1. The Morgan fingerprint density at radius 1 is 1.05 bits per heavy atom. The standard InChI is InChI=1S/C15H16N4O/c16-14-10-17-13(9-18-14)15(20)19-7-5-11-3-1-2-4-12(11)6-8-19/h1-4,9-10H,5-8H2,(H2,16,18). The van der Waals surface area contributed by atoms with Crippen molar-refractivity contribution in [3.8, 4) is 0 Å². The molecule has 0 aliphatic carbocycles. The molecule has 1 aromatic heterocycles. The molecule has 0 unspecified atom stereocenters. The fraction of sp³-hybridized carbons (Fsp3) is 0.267. The molecular weight excluding hydrogens is 252 g/mol. The first-order chi connectivity index (χ1) is 9.74. The van der Waals surface area contributed by atoms with Gasteiger partial charge in [0.15, 0.2) is 0 Å². The molecular formula is C15H16N4O. The van der Waals surface area contributed by atoms with E-state index in [1.807, 2.05) is 17.0 Å². The van der Waals surface area contributed by atoms with E-state index >= 15 is 0 Å². The van der Waals surface area contributed by atoms with Gasteiger partial charge in [-0.05, 0) is 24.0 Å². The van der Waals surface area contributed by atoms with Crippen molar-refractivity contribution in [2.75, 3.05) is 18.8 Å². The first kappa shape index (κ1) is 12.6. The molecule has 1 aliphatic rings. The van der Waals surface area contributed by atoms with Gasteiger partial charge in [0.1, 0.15) is 11.5 Å². The van der Waals surface area contributed by atoms with E-state index in [0.717, 1.165) is 12.8 Å². The van der Waals surface area contributed by atoms with Crippen molar-refractivity contribution < 1.29 is 4.79 Å². The van der Waals surface area contributed by atoms with Crippen molar-refractivity contribution in [2.45, 2.75) is 12.8 Å². The van der Waals surface area contributed by atoms with Gasteiger partial charge in [-0.2, -0.15) is 0 Å². The van der Waals surface area contributed by atoms with Crippen LogP contribution in [-0.2, 0) is 12.8 Å². The summed E-state index contributed by atoms with van der Waals surface area (Å²) < 4.78 is 0. The molecule has 1 aliphatic heterocycles. The van der Waals surface area contributed by atoms with Crippen LogP contribution in [0.3, 0.4) is 0 Å². The Kier molecular flexibility index (Phi) is 3.33. The van der Waals surface area contributed by atoms with Crippen molar-refractivity contribution in [2.24, 2.45) is 0 Å². The molecule has 0 bridgehead atoms. The largest absolute Gasteiger partial charge is 0.382 e. The molecule has 0 radical (unpaired) electrons. The van der Waals surface area contributed by atoms with Crippen LogP contribution in [0.2, 0.25) is 0 Å². The lowest BCUT2D eigenvalue weighted by Crippen LogP contribution is -2.33. The maximum absolute atomic E-state index is 12.4. The van der Waals surface area contributed by atoms with Crippen molar-refractivity contribution in [1.29, 1.82) is 0 Å². The Morgan fingerprint density at radius 3 is 2.25 bits per heavy atom. The number of amides is 1. The zero-order chi connectivity index (χ0) is 13.9. The molecule has 1 amide bonds. The second-order valence-corrected chi connectivity index (χ2v) is 4.89. The van der Waals surface area contributed by atoms with Gasteiger partial charge in [0.05, 0.1) is 12.4 Å². The van der Waals surface area contributed by atoms with E-state index in [-0.39, 0.29) is 5.91 Å². The molecule has 2 N–H and O–H groups in total. The molecule has 102 valence electrons. The molecule has 0 atom stereocenters. The zero-order valence-electron chi connectivity index (χ0n) is 11.1. The number of rotatable bonds is 1. The summed E-state index contributed by atoms with van der Waals surface area (Å²) in [6.45, 7) is 1.42. The predicted octanol–water partition coefficient (Wildman–Crippen LogP) is 1.30. The quantitative estimate of drug-likeness (QED) is 0.846. The fourth-order valence-electron chi connectivity index (χ4n) is 2.48. The third-order valence-electron chi connectivity index (χ3n) is 3.60. The number of nitrogens with two attached hydrogens (primary N) is 1. The van der Waals surface area contributed by atoms with Crippen LogP contribution in [0.1, 0.15) is 21.6 Å². The van der Waals surface area contributed by atoms with Gasteiger partial charge >= 0.3 is 0 Å².